The smallest absolute Gasteiger partial charge is 0.213 e. The third-order valence-electron chi connectivity index (χ3n) is 3.51. The quantitative estimate of drug-likeness (QED) is 0.358. The highest BCUT2D eigenvalue weighted by atomic mass is 16.5. The molecule has 0 bridgehead atoms. The molecular formula is C20H28N4O3. The first-order valence-electron chi connectivity index (χ1n) is 9.08. The second kappa shape index (κ2) is 12.5. The Hall–Kier alpha value is -2.80. The SMILES string of the molecule is CCNC(=NCc1ccc(OCCOc2ccccc2)nc1)NCCOC. The molecule has 0 unspecified atom stereocenters. The zero-order valence-electron chi connectivity index (χ0n) is 16.0. The molecule has 0 aliphatic heterocycles. The van der Waals surface area contributed by atoms with Gasteiger partial charge in [-0.05, 0) is 24.6 Å². The number of aliphatic imine (C=N–C) groups is 1. The largest absolute Gasteiger partial charge is 0.490 e. The Morgan fingerprint density at radius 2 is 1.81 bits per heavy atom. The fraction of sp³-hybridized carbons (Fsp3) is 0.400. The number of guanidine groups is 1. The summed E-state index contributed by atoms with van der Waals surface area (Å²) in [5, 5.41) is 6.40. The van der Waals surface area contributed by atoms with Gasteiger partial charge in [0.2, 0.25) is 5.88 Å². The van der Waals surface area contributed by atoms with Crippen LogP contribution in [-0.2, 0) is 11.3 Å². The van der Waals surface area contributed by atoms with Gasteiger partial charge in [0.1, 0.15) is 19.0 Å². The molecule has 0 atom stereocenters. The number of aromatic nitrogens is 1. The number of para-hydroxylation sites is 1. The van der Waals surface area contributed by atoms with E-state index >= 15 is 0 Å². The molecule has 1 aromatic heterocycles. The van der Waals surface area contributed by atoms with Crippen LogP contribution >= 0.6 is 0 Å². The molecule has 0 fully saturated rings. The summed E-state index contributed by atoms with van der Waals surface area (Å²) in [5.74, 6) is 2.16. The van der Waals surface area contributed by atoms with E-state index in [0.29, 0.717) is 38.8 Å². The first-order chi connectivity index (χ1) is 13.3. The molecule has 0 saturated heterocycles. The summed E-state index contributed by atoms with van der Waals surface area (Å²) in [6.07, 6.45) is 1.77. The van der Waals surface area contributed by atoms with Gasteiger partial charge in [-0.3, -0.25) is 0 Å². The van der Waals surface area contributed by atoms with Crippen LogP contribution in [0, 0.1) is 0 Å². The predicted molar refractivity (Wildman–Crippen MR) is 106 cm³/mol. The maximum Gasteiger partial charge on any atom is 0.213 e. The van der Waals surface area contributed by atoms with Crippen LogP contribution in [0.4, 0.5) is 0 Å². The molecule has 7 heteroatoms. The van der Waals surface area contributed by atoms with Crippen molar-refractivity contribution >= 4 is 5.96 Å². The van der Waals surface area contributed by atoms with E-state index in [1.165, 1.54) is 0 Å². The Morgan fingerprint density at radius 3 is 2.52 bits per heavy atom. The van der Waals surface area contributed by atoms with Crippen LogP contribution < -0.4 is 20.1 Å². The van der Waals surface area contributed by atoms with Crippen molar-refractivity contribution < 1.29 is 14.2 Å². The first-order valence-corrected chi connectivity index (χ1v) is 9.08. The van der Waals surface area contributed by atoms with E-state index in [-0.39, 0.29) is 0 Å². The molecule has 146 valence electrons. The zero-order chi connectivity index (χ0) is 19.2. The molecule has 0 radical (unpaired) electrons. The van der Waals surface area contributed by atoms with E-state index in [0.717, 1.165) is 23.8 Å². The number of methoxy groups -OCH3 is 1. The van der Waals surface area contributed by atoms with Crippen LogP contribution in [0.3, 0.4) is 0 Å². The number of ether oxygens (including phenoxy) is 3. The van der Waals surface area contributed by atoms with Gasteiger partial charge in [0.15, 0.2) is 5.96 Å². The van der Waals surface area contributed by atoms with Crippen molar-refractivity contribution in [3.05, 3.63) is 54.2 Å². The summed E-state index contributed by atoms with van der Waals surface area (Å²) in [6, 6.07) is 13.5. The van der Waals surface area contributed by atoms with Gasteiger partial charge in [-0.2, -0.15) is 0 Å². The Morgan fingerprint density at radius 1 is 1.00 bits per heavy atom. The fourth-order valence-corrected chi connectivity index (χ4v) is 2.20. The summed E-state index contributed by atoms with van der Waals surface area (Å²) in [6.45, 7) is 5.61. The summed E-state index contributed by atoms with van der Waals surface area (Å²) < 4.78 is 16.2. The zero-order valence-corrected chi connectivity index (χ0v) is 16.0. The minimum atomic E-state index is 0.438. The van der Waals surface area contributed by atoms with E-state index in [1.54, 1.807) is 13.3 Å². The van der Waals surface area contributed by atoms with Gasteiger partial charge in [0.05, 0.1) is 13.2 Å². The topological polar surface area (TPSA) is 77.0 Å². The molecule has 2 rings (SSSR count). The molecule has 0 saturated carbocycles. The Bertz CT molecular complexity index is 663. The number of hydrogen-bond acceptors (Lipinski definition) is 5. The van der Waals surface area contributed by atoms with Crippen LogP contribution in [0.25, 0.3) is 0 Å². The molecule has 0 amide bonds. The van der Waals surface area contributed by atoms with Gasteiger partial charge >= 0.3 is 0 Å². The highest BCUT2D eigenvalue weighted by Crippen LogP contribution is 2.10. The van der Waals surface area contributed by atoms with Gasteiger partial charge in [-0.1, -0.05) is 24.3 Å². The average molecular weight is 372 g/mol. The van der Waals surface area contributed by atoms with Crippen molar-refractivity contribution in [3.63, 3.8) is 0 Å². The summed E-state index contributed by atoms with van der Waals surface area (Å²) in [7, 11) is 1.68. The van der Waals surface area contributed by atoms with Gasteiger partial charge in [0.25, 0.3) is 0 Å². The van der Waals surface area contributed by atoms with Crippen LogP contribution in [-0.4, -0.2) is 51.0 Å². The molecule has 0 spiro atoms. The maximum absolute atomic E-state index is 5.60. The molecular weight excluding hydrogens is 344 g/mol. The second-order valence-corrected chi connectivity index (χ2v) is 5.63. The molecule has 0 aliphatic rings. The Labute approximate surface area is 160 Å². The first kappa shape index (κ1) is 20.5. The van der Waals surface area contributed by atoms with Gasteiger partial charge in [-0.25, -0.2) is 9.98 Å². The van der Waals surface area contributed by atoms with Crippen molar-refractivity contribution in [2.75, 3.05) is 40.0 Å². The minimum absolute atomic E-state index is 0.438. The van der Waals surface area contributed by atoms with E-state index in [9.17, 15) is 0 Å². The van der Waals surface area contributed by atoms with Gasteiger partial charge in [-0.15, -0.1) is 0 Å². The third kappa shape index (κ3) is 8.42. The number of hydrogen-bond donors (Lipinski definition) is 2. The highest BCUT2D eigenvalue weighted by Gasteiger charge is 2.00. The molecule has 1 aromatic carbocycles. The van der Waals surface area contributed by atoms with Crippen LogP contribution in [0.15, 0.2) is 53.7 Å². The lowest BCUT2D eigenvalue weighted by Crippen LogP contribution is -2.38. The number of nitrogens with zero attached hydrogens (tertiary/aromatic N) is 2. The number of pyridine rings is 1. The summed E-state index contributed by atoms with van der Waals surface area (Å²) in [5.41, 5.74) is 1.01. The van der Waals surface area contributed by atoms with Crippen molar-refractivity contribution in [1.29, 1.82) is 0 Å². The van der Waals surface area contributed by atoms with Crippen molar-refractivity contribution in [2.24, 2.45) is 4.99 Å². The van der Waals surface area contributed by atoms with Crippen molar-refractivity contribution in [1.82, 2.24) is 15.6 Å². The summed E-state index contributed by atoms with van der Waals surface area (Å²) in [4.78, 5) is 8.85. The minimum Gasteiger partial charge on any atom is -0.490 e. The van der Waals surface area contributed by atoms with E-state index in [2.05, 4.69) is 20.6 Å². The number of nitrogens with one attached hydrogen (secondary N) is 2. The molecule has 27 heavy (non-hydrogen) atoms. The van der Waals surface area contributed by atoms with Crippen molar-refractivity contribution in [2.45, 2.75) is 13.5 Å². The van der Waals surface area contributed by atoms with Crippen LogP contribution in [0.2, 0.25) is 0 Å². The summed E-state index contributed by atoms with van der Waals surface area (Å²) >= 11 is 0. The highest BCUT2D eigenvalue weighted by molar-refractivity contribution is 5.79. The lowest BCUT2D eigenvalue weighted by Gasteiger charge is -2.11. The average Bonchev–Trinajstić information content (AvgIpc) is 2.71. The molecule has 2 aromatic rings. The van der Waals surface area contributed by atoms with E-state index < -0.39 is 0 Å². The number of benzene rings is 1. The molecule has 2 N–H and O–H groups in total. The van der Waals surface area contributed by atoms with Gasteiger partial charge < -0.3 is 24.8 Å². The molecule has 1 heterocycles. The third-order valence-corrected chi connectivity index (χ3v) is 3.51. The van der Waals surface area contributed by atoms with Gasteiger partial charge in [0, 0.05) is 32.5 Å². The Balaban J connectivity index is 1.73. The van der Waals surface area contributed by atoms with E-state index in [4.69, 9.17) is 14.2 Å². The molecule has 0 aliphatic carbocycles. The maximum atomic E-state index is 5.60. The lowest BCUT2D eigenvalue weighted by molar-refractivity contribution is 0.203. The molecule has 7 nitrogen and oxygen atoms in total. The van der Waals surface area contributed by atoms with Crippen molar-refractivity contribution in [3.8, 4) is 11.6 Å². The Kier molecular flexibility index (Phi) is 9.52. The second-order valence-electron chi connectivity index (χ2n) is 5.63. The van der Waals surface area contributed by atoms with Crippen LogP contribution in [0.5, 0.6) is 11.6 Å². The monoisotopic (exact) mass is 372 g/mol. The lowest BCUT2D eigenvalue weighted by atomic mass is 10.3. The number of rotatable bonds is 11. The van der Waals surface area contributed by atoms with Crippen LogP contribution in [0.1, 0.15) is 12.5 Å². The van der Waals surface area contributed by atoms with E-state index in [1.807, 2.05) is 49.4 Å². The standard InChI is InChI=1S/C20H28N4O3/c1-3-21-20(22-11-12-25-2)24-16-17-9-10-19(23-15-17)27-14-13-26-18-7-5-4-6-8-18/h4-10,15H,3,11-14,16H2,1-2H3,(H2,21,22,24). The normalized spacial score (nSPS) is 11.1. The predicted octanol–water partition coefficient (Wildman–Crippen LogP) is 2.24. The fourth-order valence-electron chi connectivity index (χ4n) is 2.20.